The van der Waals surface area contributed by atoms with Crippen molar-refractivity contribution < 1.29 is 14.6 Å². The van der Waals surface area contributed by atoms with E-state index in [1.54, 1.807) is 25.3 Å². The number of likely N-dealkylation sites (tertiary alicyclic amines) is 1. The summed E-state index contributed by atoms with van der Waals surface area (Å²) in [5.74, 6) is 0.671. The van der Waals surface area contributed by atoms with Crippen molar-refractivity contribution in [3.63, 3.8) is 0 Å². The summed E-state index contributed by atoms with van der Waals surface area (Å²) in [7, 11) is 1.60. The molecule has 0 bridgehead atoms. The van der Waals surface area contributed by atoms with Gasteiger partial charge in [-0.05, 0) is 48.7 Å². The number of hydrogen-bond donors (Lipinski definition) is 3. The second-order valence-corrected chi connectivity index (χ2v) is 7.95. The number of benzene rings is 2. The molecule has 162 valence electrons. The van der Waals surface area contributed by atoms with Crippen LogP contribution in [0.1, 0.15) is 30.4 Å². The van der Waals surface area contributed by atoms with Gasteiger partial charge in [-0.15, -0.1) is 0 Å². The first kappa shape index (κ1) is 22.4. The van der Waals surface area contributed by atoms with Gasteiger partial charge in [0.2, 0.25) is 5.91 Å². The van der Waals surface area contributed by atoms with Gasteiger partial charge < -0.3 is 20.5 Å². The Morgan fingerprint density at radius 2 is 2.07 bits per heavy atom. The van der Waals surface area contributed by atoms with E-state index in [9.17, 15) is 9.90 Å². The standard InChI is InChI=1S/C23H30ClN3O3/c1-30-22-9-8-19(24)13-21(22)25-11-10-23(29)26-14-17-5-2-3-6-18(17)15-27-12-4-7-20(27)16-28/h2-3,5-6,8-9,13,20,25,28H,4,7,10-12,14-16H2,1H3,(H,26,29). The number of nitrogens with one attached hydrogen (secondary N) is 2. The van der Waals surface area contributed by atoms with Crippen LogP contribution in [0.15, 0.2) is 42.5 Å². The molecule has 0 spiro atoms. The molecule has 1 unspecified atom stereocenters. The maximum atomic E-state index is 12.3. The number of amides is 1. The van der Waals surface area contributed by atoms with Crippen molar-refractivity contribution in [2.45, 2.75) is 38.4 Å². The molecular formula is C23H30ClN3O3. The lowest BCUT2D eigenvalue weighted by atomic mass is 10.1. The Hall–Kier alpha value is -2.28. The smallest absolute Gasteiger partial charge is 0.222 e. The normalized spacial score (nSPS) is 16.4. The van der Waals surface area contributed by atoms with E-state index in [1.165, 1.54) is 5.56 Å². The van der Waals surface area contributed by atoms with E-state index in [1.807, 2.05) is 12.1 Å². The fourth-order valence-corrected chi connectivity index (χ4v) is 4.00. The number of nitrogens with zero attached hydrogens (tertiary/aromatic N) is 1. The number of methoxy groups -OCH3 is 1. The van der Waals surface area contributed by atoms with Gasteiger partial charge >= 0.3 is 0 Å². The maximum absolute atomic E-state index is 12.3. The van der Waals surface area contributed by atoms with E-state index in [0.29, 0.717) is 30.3 Å². The van der Waals surface area contributed by atoms with Crippen LogP contribution < -0.4 is 15.4 Å². The van der Waals surface area contributed by atoms with Gasteiger partial charge in [-0.25, -0.2) is 0 Å². The number of carbonyl (C=O) groups is 1. The number of aliphatic hydroxyl groups excluding tert-OH is 1. The average Bonchev–Trinajstić information content (AvgIpc) is 3.20. The molecule has 30 heavy (non-hydrogen) atoms. The molecule has 7 heteroatoms. The van der Waals surface area contributed by atoms with Crippen LogP contribution in [-0.4, -0.2) is 48.8 Å². The van der Waals surface area contributed by atoms with Crippen molar-refractivity contribution in [3.05, 3.63) is 58.6 Å². The molecule has 0 aromatic heterocycles. The van der Waals surface area contributed by atoms with E-state index in [-0.39, 0.29) is 18.6 Å². The van der Waals surface area contributed by atoms with Crippen LogP contribution in [-0.2, 0) is 17.9 Å². The van der Waals surface area contributed by atoms with Crippen LogP contribution >= 0.6 is 11.6 Å². The van der Waals surface area contributed by atoms with E-state index in [2.05, 4.69) is 27.7 Å². The molecule has 2 aromatic rings. The second kappa shape index (κ2) is 11.2. The van der Waals surface area contributed by atoms with Gasteiger partial charge in [-0.3, -0.25) is 9.69 Å². The average molecular weight is 432 g/mol. The molecule has 0 saturated carbocycles. The summed E-state index contributed by atoms with van der Waals surface area (Å²) >= 11 is 6.03. The quantitative estimate of drug-likeness (QED) is 0.537. The van der Waals surface area contributed by atoms with Gasteiger partial charge in [-0.2, -0.15) is 0 Å². The Labute approximate surface area is 183 Å². The van der Waals surface area contributed by atoms with Crippen LogP contribution in [0.5, 0.6) is 5.75 Å². The summed E-state index contributed by atoms with van der Waals surface area (Å²) < 4.78 is 5.31. The minimum Gasteiger partial charge on any atom is -0.495 e. The Kier molecular flexibility index (Phi) is 8.37. The van der Waals surface area contributed by atoms with Crippen LogP contribution in [0.2, 0.25) is 5.02 Å². The van der Waals surface area contributed by atoms with Crippen LogP contribution in [0.4, 0.5) is 5.69 Å². The van der Waals surface area contributed by atoms with E-state index in [4.69, 9.17) is 16.3 Å². The van der Waals surface area contributed by atoms with Gasteiger partial charge in [-0.1, -0.05) is 35.9 Å². The van der Waals surface area contributed by atoms with Gasteiger partial charge in [0, 0.05) is 37.1 Å². The van der Waals surface area contributed by atoms with E-state index in [0.717, 1.165) is 37.2 Å². The monoisotopic (exact) mass is 431 g/mol. The molecule has 0 aliphatic carbocycles. The molecule has 6 nitrogen and oxygen atoms in total. The first-order valence-electron chi connectivity index (χ1n) is 10.4. The van der Waals surface area contributed by atoms with Crippen molar-refractivity contribution >= 4 is 23.2 Å². The summed E-state index contributed by atoms with van der Waals surface area (Å²) in [6.07, 6.45) is 2.50. The molecule has 3 N–H and O–H groups in total. The van der Waals surface area contributed by atoms with Crippen LogP contribution in [0.25, 0.3) is 0 Å². The number of aliphatic hydroxyl groups is 1. The largest absolute Gasteiger partial charge is 0.495 e. The summed E-state index contributed by atoms with van der Waals surface area (Å²) in [5.41, 5.74) is 3.08. The number of anilines is 1. The predicted molar refractivity (Wildman–Crippen MR) is 120 cm³/mol. The number of carbonyl (C=O) groups excluding carboxylic acids is 1. The molecule has 1 amide bonds. The topological polar surface area (TPSA) is 73.8 Å². The highest BCUT2D eigenvalue weighted by molar-refractivity contribution is 6.30. The van der Waals surface area contributed by atoms with Gasteiger partial charge in [0.05, 0.1) is 19.4 Å². The SMILES string of the molecule is COc1ccc(Cl)cc1NCCC(=O)NCc1ccccc1CN1CCCC1CO. The number of halogens is 1. The summed E-state index contributed by atoms with van der Waals surface area (Å²) in [6, 6.07) is 13.7. The zero-order valence-corrected chi connectivity index (χ0v) is 18.1. The minimum atomic E-state index is -0.0206. The first-order chi connectivity index (χ1) is 14.6. The lowest BCUT2D eigenvalue weighted by Gasteiger charge is -2.24. The summed E-state index contributed by atoms with van der Waals surface area (Å²) in [4.78, 5) is 14.7. The highest BCUT2D eigenvalue weighted by atomic mass is 35.5. The lowest BCUT2D eigenvalue weighted by Crippen LogP contribution is -2.32. The molecule has 0 radical (unpaired) electrons. The van der Waals surface area contributed by atoms with Crippen molar-refractivity contribution in [1.82, 2.24) is 10.2 Å². The minimum absolute atomic E-state index is 0.0206. The maximum Gasteiger partial charge on any atom is 0.222 e. The Balaban J connectivity index is 1.49. The molecule has 1 atom stereocenters. The van der Waals surface area contributed by atoms with Crippen LogP contribution in [0.3, 0.4) is 0 Å². The summed E-state index contributed by atoms with van der Waals surface area (Å²) in [5, 5.41) is 16.4. The Morgan fingerprint density at radius 1 is 1.27 bits per heavy atom. The van der Waals surface area contributed by atoms with Crippen molar-refractivity contribution in [2.75, 3.05) is 32.1 Å². The van der Waals surface area contributed by atoms with Crippen molar-refractivity contribution in [3.8, 4) is 5.75 Å². The highest BCUT2D eigenvalue weighted by Crippen LogP contribution is 2.27. The zero-order valence-electron chi connectivity index (χ0n) is 17.4. The zero-order chi connectivity index (χ0) is 21.3. The first-order valence-corrected chi connectivity index (χ1v) is 10.7. The third-order valence-corrected chi connectivity index (χ3v) is 5.74. The number of ether oxygens (including phenoxy) is 1. The fraction of sp³-hybridized carbons (Fsp3) is 0.435. The Bertz CT molecular complexity index is 846. The third-order valence-electron chi connectivity index (χ3n) is 5.51. The third kappa shape index (κ3) is 6.11. The fourth-order valence-electron chi connectivity index (χ4n) is 3.82. The van der Waals surface area contributed by atoms with Crippen molar-refractivity contribution in [1.29, 1.82) is 0 Å². The van der Waals surface area contributed by atoms with Crippen LogP contribution in [0, 0.1) is 0 Å². The molecule has 1 fully saturated rings. The molecule has 1 heterocycles. The van der Waals surface area contributed by atoms with Gasteiger partial charge in [0.1, 0.15) is 5.75 Å². The van der Waals surface area contributed by atoms with Gasteiger partial charge in [0.25, 0.3) is 0 Å². The van der Waals surface area contributed by atoms with E-state index < -0.39 is 0 Å². The lowest BCUT2D eigenvalue weighted by molar-refractivity contribution is -0.121. The molecule has 3 rings (SSSR count). The Morgan fingerprint density at radius 3 is 2.83 bits per heavy atom. The van der Waals surface area contributed by atoms with Gasteiger partial charge in [0.15, 0.2) is 0 Å². The summed E-state index contributed by atoms with van der Waals surface area (Å²) in [6.45, 7) is 2.98. The molecule has 1 aliphatic rings. The molecule has 1 aliphatic heterocycles. The second-order valence-electron chi connectivity index (χ2n) is 7.52. The van der Waals surface area contributed by atoms with Crippen molar-refractivity contribution in [2.24, 2.45) is 0 Å². The number of rotatable bonds is 10. The van der Waals surface area contributed by atoms with E-state index >= 15 is 0 Å². The predicted octanol–water partition coefficient (Wildman–Crippen LogP) is 3.42. The molecule has 2 aromatic carbocycles. The molecule has 1 saturated heterocycles. The highest BCUT2D eigenvalue weighted by Gasteiger charge is 2.24. The number of hydrogen-bond acceptors (Lipinski definition) is 5. The molecular weight excluding hydrogens is 402 g/mol.